The normalized spacial score (nSPS) is 11.3. The van der Waals surface area contributed by atoms with E-state index in [1.165, 1.54) is 19.1 Å². The predicted octanol–water partition coefficient (Wildman–Crippen LogP) is -2.11. The molecule has 6 heteroatoms. The zero-order valence-electron chi connectivity index (χ0n) is 7.94. The molecule has 0 saturated carbocycles. The Morgan fingerprint density at radius 3 is 2.64 bits per heavy atom. The molecule has 0 bridgehead atoms. The number of benzene rings is 1. The van der Waals surface area contributed by atoms with E-state index < -0.39 is 11.1 Å². The Morgan fingerprint density at radius 2 is 2.14 bits per heavy atom. The van der Waals surface area contributed by atoms with Crippen molar-refractivity contribution in [3.8, 4) is 0 Å². The van der Waals surface area contributed by atoms with E-state index in [0.717, 1.165) is 0 Å². The van der Waals surface area contributed by atoms with Crippen LogP contribution < -0.4 is 34.9 Å². The summed E-state index contributed by atoms with van der Waals surface area (Å²) < 4.78 is 21.1. The van der Waals surface area contributed by atoms with Gasteiger partial charge >= 0.3 is 29.6 Å². The summed E-state index contributed by atoms with van der Waals surface area (Å²) in [5.41, 5.74) is 0.481. The van der Waals surface area contributed by atoms with Crippen molar-refractivity contribution >= 4 is 22.7 Å². The third kappa shape index (κ3) is 4.34. The molecule has 0 heterocycles. The van der Waals surface area contributed by atoms with E-state index in [2.05, 4.69) is 5.32 Å². The summed E-state index contributed by atoms with van der Waals surface area (Å²) in [5, 5.41) is 2.49. The van der Waals surface area contributed by atoms with Gasteiger partial charge in [-0.05, 0) is 29.3 Å². The molecule has 0 aliphatic carbocycles. The Kier molecular flexibility index (Phi) is 6.22. The zero-order valence-corrected chi connectivity index (χ0v) is 10.8. The molecule has 1 aromatic rings. The van der Waals surface area contributed by atoms with Crippen LogP contribution >= 0.6 is 0 Å². The molecule has 0 saturated heterocycles. The largest absolute Gasteiger partial charge is 1.00 e. The van der Waals surface area contributed by atoms with Crippen molar-refractivity contribution in [3.63, 3.8) is 0 Å². The van der Waals surface area contributed by atoms with Crippen LogP contribution in [-0.2, 0) is 15.9 Å². The van der Waals surface area contributed by atoms with Crippen LogP contribution in [0, 0.1) is 0 Å². The van der Waals surface area contributed by atoms with Gasteiger partial charge in [0.2, 0.25) is 5.91 Å². The third-order valence-electron chi connectivity index (χ3n) is 1.35. The van der Waals surface area contributed by atoms with Gasteiger partial charge in [0.05, 0.1) is 0 Å². The monoisotopic (exact) mass is 221 g/mol. The van der Waals surface area contributed by atoms with Crippen LogP contribution in [0.15, 0.2) is 29.2 Å². The summed E-state index contributed by atoms with van der Waals surface area (Å²) in [6.45, 7) is 1.36. The van der Waals surface area contributed by atoms with Gasteiger partial charge in [-0.15, -0.1) is 0 Å². The van der Waals surface area contributed by atoms with Crippen LogP contribution in [0.25, 0.3) is 0 Å². The van der Waals surface area contributed by atoms with E-state index in [0.29, 0.717) is 5.69 Å². The molecule has 14 heavy (non-hydrogen) atoms. The van der Waals surface area contributed by atoms with Gasteiger partial charge in [-0.25, -0.2) is 0 Å². The average molecular weight is 221 g/mol. The van der Waals surface area contributed by atoms with Crippen LogP contribution in [0.2, 0.25) is 0 Å². The SMILES string of the molecule is CC(=O)Nc1cccc(S(=O)[O-])c1.[Na+]. The minimum atomic E-state index is -2.26. The minimum Gasteiger partial charge on any atom is -0.768 e. The number of nitrogens with one attached hydrogen (secondary N) is 1. The Morgan fingerprint density at radius 1 is 1.50 bits per heavy atom. The molecule has 1 aromatic carbocycles. The summed E-state index contributed by atoms with van der Waals surface area (Å²) >= 11 is -2.26. The van der Waals surface area contributed by atoms with Crippen molar-refractivity contribution in [3.05, 3.63) is 24.3 Å². The van der Waals surface area contributed by atoms with Crippen molar-refractivity contribution in [2.24, 2.45) is 0 Å². The second-order valence-corrected chi connectivity index (χ2v) is 3.38. The molecule has 70 valence electrons. The average Bonchev–Trinajstić information content (AvgIpc) is 2.03. The molecule has 0 spiro atoms. The van der Waals surface area contributed by atoms with Crippen molar-refractivity contribution in [1.82, 2.24) is 0 Å². The fourth-order valence-electron chi connectivity index (χ4n) is 0.881. The van der Waals surface area contributed by atoms with E-state index in [1.807, 2.05) is 0 Å². The van der Waals surface area contributed by atoms with E-state index in [4.69, 9.17) is 0 Å². The molecule has 0 aliphatic rings. The molecule has 0 fully saturated rings. The van der Waals surface area contributed by atoms with Crippen LogP contribution in [0.4, 0.5) is 5.69 Å². The maximum absolute atomic E-state index is 10.6. The summed E-state index contributed by atoms with van der Waals surface area (Å²) in [7, 11) is 0. The number of carbonyl (C=O) groups excluding carboxylic acids is 1. The molecule has 1 rings (SSSR count). The molecule has 1 atom stereocenters. The number of hydrogen-bond acceptors (Lipinski definition) is 3. The molecular weight excluding hydrogens is 213 g/mol. The summed E-state index contributed by atoms with van der Waals surface area (Å²) in [4.78, 5) is 10.8. The maximum Gasteiger partial charge on any atom is 1.00 e. The second kappa shape index (κ2) is 6.31. The number of rotatable bonds is 2. The minimum absolute atomic E-state index is 0. The number of amides is 1. The molecule has 0 aromatic heterocycles. The smallest absolute Gasteiger partial charge is 0.768 e. The first-order chi connectivity index (χ1) is 6.09. The molecule has 4 nitrogen and oxygen atoms in total. The van der Waals surface area contributed by atoms with E-state index >= 15 is 0 Å². The standard InChI is InChI=1S/C8H9NO3S.Na/c1-6(10)9-7-3-2-4-8(5-7)13(11)12;/h2-5H,1H3,(H,9,10)(H,11,12);/q;+1/p-1. The van der Waals surface area contributed by atoms with Gasteiger partial charge in [-0.3, -0.25) is 9.00 Å². The number of anilines is 1. The molecule has 1 amide bonds. The molecule has 1 N–H and O–H groups in total. The first-order valence-electron chi connectivity index (χ1n) is 3.56. The van der Waals surface area contributed by atoms with Crippen molar-refractivity contribution < 1.29 is 43.1 Å². The van der Waals surface area contributed by atoms with Gasteiger partial charge in [0.15, 0.2) is 0 Å². The number of hydrogen-bond donors (Lipinski definition) is 1. The second-order valence-electron chi connectivity index (χ2n) is 2.44. The predicted molar refractivity (Wildman–Crippen MR) is 47.9 cm³/mol. The Bertz CT molecular complexity index is 356. The number of carbonyl (C=O) groups is 1. The van der Waals surface area contributed by atoms with Crippen LogP contribution in [0.5, 0.6) is 0 Å². The van der Waals surface area contributed by atoms with Crippen LogP contribution in [0.1, 0.15) is 6.92 Å². The van der Waals surface area contributed by atoms with Crippen molar-refractivity contribution in [2.75, 3.05) is 5.32 Å². The van der Waals surface area contributed by atoms with E-state index in [9.17, 15) is 13.6 Å². The summed E-state index contributed by atoms with van der Waals surface area (Å²) in [5.74, 6) is -0.228. The van der Waals surface area contributed by atoms with Crippen molar-refractivity contribution in [2.45, 2.75) is 11.8 Å². The van der Waals surface area contributed by atoms with Gasteiger partial charge in [0, 0.05) is 17.5 Å². The van der Waals surface area contributed by atoms with Crippen LogP contribution in [-0.4, -0.2) is 14.7 Å². The summed E-state index contributed by atoms with van der Waals surface area (Å²) in [6, 6.07) is 6.03. The van der Waals surface area contributed by atoms with Gasteiger partial charge in [0.25, 0.3) is 0 Å². The Balaban J connectivity index is 0.00000169. The summed E-state index contributed by atoms with van der Waals surface area (Å²) in [6.07, 6.45) is 0. The van der Waals surface area contributed by atoms with Crippen LogP contribution in [0.3, 0.4) is 0 Å². The topological polar surface area (TPSA) is 69.2 Å². The Hall–Kier alpha value is -0.200. The maximum atomic E-state index is 10.6. The first-order valence-corrected chi connectivity index (χ1v) is 4.64. The molecule has 0 aliphatic heterocycles. The fourth-order valence-corrected chi connectivity index (χ4v) is 1.29. The fraction of sp³-hybridized carbons (Fsp3) is 0.125. The van der Waals surface area contributed by atoms with Gasteiger partial charge in [-0.2, -0.15) is 0 Å². The van der Waals surface area contributed by atoms with Gasteiger partial charge < -0.3 is 9.87 Å². The molecule has 0 radical (unpaired) electrons. The third-order valence-corrected chi connectivity index (χ3v) is 1.99. The first kappa shape index (κ1) is 13.8. The zero-order chi connectivity index (χ0) is 9.84. The van der Waals surface area contributed by atoms with Crippen molar-refractivity contribution in [1.29, 1.82) is 0 Å². The molecule has 1 unspecified atom stereocenters. The van der Waals surface area contributed by atoms with E-state index in [-0.39, 0.29) is 40.4 Å². The van der Waals surface area contributed by atoms with E-state index in [1.54, 1.807) is 12.1 Å². The van der Waals surface area contributed by atoms with Gasteiger partial charge in [0.1, 0.15) is 0 Å². The Labute approximate surface area is 107 Å². The molecular formula is C8H8NNaO3S. The quantitative estimate of drug-likeness (QED) is 0.459. The van der Waals surface area contributed by atoms with Gasteiger partial charge in [-0.1, -0.05) is 6.07 Å².